The molecular weight excluding hydrogens is 560 g/mol. The van der Waals surface area contributed by atoms with E-state index in [9.17, 15) is 14.4 Å². The molecule has 0 fully saturated rings. The zero-order valence-corrected chi connectivity index (χ0v) is 23.1. The second-order valence-corrected chi connectivity index (χ2v) is 10.0. The van der Waals surface area contributed by atoms with Crippen LogP contribution >= 0.6 is 27.3 Å². The van der Waals surface area contributed by atoms with Crippen LogP contribution in [0.2, 0.25) is 0 Å². The molecule has 37 heavy (non-hydrogen) atoms. The number of allylic oxidation sites excluding steroid dienone is 1. The van der Waals surface area contributed by atoms with Crippen molar-refractivity contribution in [1.29, 1.82) is 0 Å². The fourth-order valence-electron chi connectivity index (χ4n) is 4.06. The first kappa shape index (κ1) is 26.6. The maximum atomic E-state index is 13.7. The van der Waals surface area contributed by atoms with E-state index < -0.39 is 18.0 Å². The maximum Gasteiger partial charge on any atom is 0.338 e. The lowest BCUT2D eigenvalue weighted by molar-refractivity contribution is -0.139. The first-order valence-electron chi connectivity index (χ1n) is 11.6. The highest BCUT2D eigenvalue weighted by atomic mass is 79.9. The number of thiazole rings is 1. The Hall–Kier alpha value is -3.50. The summed E-state index contributed by atoms with van der Waals surface area (Å²) in [7, 11) is 0. The van der Waals surface area contributed by atoms with Gasteiger partial charge in [-0.1, -0.05) is 45.5 Å². The number of esters is 2. The molecule has 192 valence electrons. The van der Waals surface area contributed by atoms with E-state index in [-0.39, 0.29) is 23.5 Å². The molecule has 0 unspecified atom stereocenters. The quantitative estimate of drug-likeness (QED) is 0.309. The molecule has 0 aliphatic carbocycles. The summed E-state index contributed by atoms with van der Waals surface area (Å²) in [5.41, 5.74) is 1.87. The molecular formula is C27H25BrN2O6S. The smallest absolute Gasteiger partial charge is 0.338 e. The molecule has 0 N–H and O–H groups in total. The number of rotatable bonds is 7. The summed E-state index contributed by atoms with van der Waals surface area (Å²) >= 11 is 4.70. The van der Waals surface area contributed by atoms with Crippen LogP contribution in [0.3, 0.4) is 0 Å². The summed E-state index contributed by atoms with van der Waals surface area (Å²) in [5.74, 6) is -0.475. The van der Waals surface area contributed by atoms with Crippen molar-refractivity contribution in [2.45, 2.75) is 33.7 Å². The van der Waals surface area contributed by atoms with E-state index in [1.165, 1.54) is 22.8 Å². The second-order valence-electron chi connectivity index (χ2n) is 8.09. The van der Waals surface area contributed by atoms with Crippen LogP contribution in [0.1, 0.15) is 44.9 Å². The highest BCUT2D eigenvalue weighted by Crippen LogP contribution is 2.36. The number of carbonyl (C=O) groups excluding carboxylic acids is 2. The van der Waals surface area contributed by atoms with Crippen molar-refractivity contribution in [2.24, 2.45) is 4.99 Å². The fourth-order valence-corrected chi connectivity index (χ4v) is 5.52. The topological polar surface area (TPSA) is 96.2 Å². The van der Waals surface area contributed by atoms with Gasteiger partial charge in [0.15, 0.2) is 16.3 Å². The molecule has 0 radical (unpaired) electrons. The average molecular weight is 585 g/mol. The number of halogens is 1. The third kappa shape index (κ3) is 5.60. The number of benzene rings is 2. The highest BCUT2D eigenvalue weighted by molar-refractivity contribution is 9.10. The Bertz CT molecular complexity index is 1590. The van der Waals surface area contributed by atoms with Crippen molar-refractivity contribution in [3.63, 3.8) is 0 Å². The minimum Gasteiger partial charge on any atom is -0.490 e. The van der Waals surface area contributed by atoms with Gasteiger partial charge in [-0.25, -0.2) is 9.79 Å². The van der Waals surface area contributed by atoms with Gasteiger partial charge in [-0.15, -0.1) is 0 Å². The lowest BCUT2D eigenvalue weighted by Gasteiger charge is -2.25. The fraction of sp³-hybridized carbons (Fsp3) is 0.259. The van der Waals surface area contributed by atoms with Crippen LogP contribution in [-0.4, -0.2) is 29.7 Å². The van der Waals surface area contributed by atoms with Crippen molar-refractivity contribution in [3.8, 4) is 11.5 Å². The first-order valence-corrected chi connectivity index (χ1v) is 13.2. The molecule has 2 heterocycles. The molecule has 3 aromatic rings. The van der Waals surface area contributed by atoms with Crippen LogP contribution in [0.15, 0.2) is 68.0 Å². The third-order valence-corrected chi connectivity index (χ3v) is 6.98. The zero-order valence-electron chi connectivity index (χ0n) is 20.7. The number of nitrogens with zero attached hydrogens (tertiary/aromatic N) is 2. The Labute approximate surface area is 225 Å². The molecule has 4 rings (SSSR count). The lowest BCUT2D eigenvalue weighted by Crippen LogP contribution is -2.40. The van der Waals surface area contributed by atoms with Crippen LogP contribution < -0.4 is 24.4 Å². The van der Waals surface area contributed by atoms with E-state index in [4.69, 9.17) is 14.2 Å². The monoisotopic (exact) mass is 584 g/mol. The van der Waals surface area contributed by atoms with Crippen LogP contribution in [0.5, 0.6) is 11.5 Å². The standard InChI is InChI=1S/C27H25BrN2O6S/c1-5-34-21-14-18(10-11-20(21)36-16(4)31)24-23(26(33)35-6-2)15(3)29-27-30(24)25(32)22(37-27)13-17-8-7-9-19(28)12-17/h7-14,24H,5-6H2,1-4H3/b22-13+/t24-/m1/s1. The molecule has 0 bridgehead atoms. The van der Waals surface area contributed by atoms with Crippen LogP contribution in [0, 0.1) is 0 Å². The number of fused-ring (bicyclic) bond motifs is 1. The van der Waals surface area contributed by atoms with Crippen molar-refractivity contribution < 1.29 is 23.8 Å². The molecule has 1 aromatic heterocycles. The van der Waals surface area contributed by atoms with E-state index >= 15 is 0 Å². The summed E-state index contributed by atoms with van der Waals surface area (Å²) in [6.07, 6.45) is 1.80. The molecule has 0 amide bonds. The predicted octanol–water partition coefficient (Wildman–Crippen LogP) is 3.88. The Morgan fingerprint density at radius 2 is 1.92 bits per heavy atom. The van der Waals surface area contributed by atoms with E-state index in [1.807, 2.05) is 31.2 Å². The average Bonchev–Trinajstić information content (AvgIpc) is 3.13. The van der Waals surface area contributed by atoms with E-state index in [0.29, 0.717) is 33.0 Å². The Kier molecular flexibility index (Phi) is 8.09. The summed E-state index contributed by atoms with van der Waals surface area (Å²) in [6, 6.07) is 11.8. The van der Waals surface area contributed by atoms with Gasteiger partial charge in [0, 0.05) is 11.4 Å². The van der Waals surface area contributed by atoms with E-state index in [2.05, 4.69) is 20.9 Å². The lowest BCUT2D eigenvalue weighted by atomic mass is 9.95. The van der Waals surface area contributed by atoms with Crippen LogP contribution in [0.4, 0.5) is 0 Å². The van der Waals surface area contributed by atoms with Crippen LogP contribution in [0.25, 0.3) is 6.08 Å². The Balaban J connectivity index is 1.95. The van der Waals surface area contributed by atoms with Gasteiger partial charge in [-0.05, 0) is 62.2 Å². The normalized spacial score (nSPS) is 15.2. The number of ether oxygens (including phenoxy) is 3. The largest absolute Gasteiger partial charge is 0.490 e. The van der Waals surface area contributed by atoms with Crippen molar-refractivity contribution in [1.82, 2.24) is 4.57 Å². The van der Waals surface area contributed by atoms with Crippen molar-refractivity contribution in [3.05, 3.63) is 89.0 Å². The van der Waals surface area contributed by atoms with Crippen molar-refractivity contribution in [2.75, 3.05) is 13.2 Å². The van der Waals surface area contributed by atoms with Gasteiger partial charge < -0.3 is 14.2 Å². The van der Waals surface area contributed by atoms with Gasteiger partial charge in [0.1, 0.15) is 0 Å². The van der Waals surface area contributed by atoms with Gasteiger partial charge in [0.05, 0.1) is 35.1 Å². The molecule has 1 aliphatic heterocycles. The number of aromatic nitrogens is 1. The number of hydrogen-bond donors (Lipinski definition) is 0. The molecule has 10 heteroatoms. The van der Waals surface area contributed by atoms with E-state index in [1.54, 1.807) is 38.1 Å². The number of hydrogen-bond acceptors (Lipinski definition) is 8. The SMILES string of the molecule is CCOC(=O)C1=C(C)N=c2s/c(=C/c3cccc(Br)c3)c(=O)n2[C@@H]1c1ccc(OC(C)=O)c(OCC)c1. The maximum absolute atomic E-state index is 13.7. The first-order chi connectivity index (χ1) is 17.7. The summed E-state index contributed by atoms with van der Waals surface area (Å²) in [6.45, 7) is 7.05. The molecule has 1 aliphatic rings. The zero-order chi connectivity index (χ0) is 26.7. The summed E-state index contributed by atoms with van der Waals surface area (Å²) in [5, 5.41) is 0. The summed E-state index contributed by atoms with van der Waals surface area (Å²) in [4.78, 5) is 43.5. The van der Waals surface area contributed by atoms with Gasteiger partial charge >= 0.3 is 11.9 Å². The molecule has 0 saturated heterocycles. The Morgan fingerprint density at radius 1 is 1.14 bits per heavy atom. The Morgan fingerprint density at radius 3 is 2.59 bits per heavy atom. The van der Waals surface area contributed by atoms with Gasteiger partial charge in [-0.3, -0.25) is 14.2 Å². The van der Waals surface area contributed by atoms with Gasteiger partial charge in [-0.2, -0.15) is 0 Å². The third-order valence-electron chi connectivity index (χ3n) is 5.50. The van der Waals surface area contributed by atoms with Gasteiger partial charge in [0.2, 0.25) is 0 Å². The van der Waals surface area contributed by atoms with Crippen LogP contribution in [-0.2, 0) is 14.3 Å². The molecule has 1 atom stereocenters. The van der Waals surface area contributed by atoms with Gasteiger partial charge in [0.25, 0.3) is 5.56 Å². The molecule has 2 aromatic carbocycles. The minimum absolute atomic E-state index is 0.172. The minimum atomic E-state index is -0.814. The highest BCUT2D eigenvalue weighted by Gasteiger charge is 2.34. The molecule has 0 spiro atoms. The summed E-state index contributed by atoms with van der Waals surface area (Å²) < 4.78 is 19.2. The van der Waals surface area contributed by atoms with E-state index in [0.717, 1.165) is 10.0 Å². The molecule has 0 saturated carbocycles. The predicted molar refractivity (Wildman–Crippen MR) is 143 cm³/mol. The second kappa shape index (κ2) is 11.3. The number of carbonyl (C=O) groups is 2. The van der Waals surface area contributed by atoms with Crippen molar-refractivity contribution >= 4 is 45.3 Å². The molecule has 8 nitrogen and oxygen atoms in total.